The summed E-state index contributed by atoms with van der Waals surface area (Å²) in [6.07, 6.45) is 10.6. The minimum absolute atomic E-state index is 0.237. The van der Waals surface area contributed by atoms with Gasteiger partial charge >= 0.3 is 0 Å². The molecule has 0 unspecified atom stereocenters. The van der Waals surface area contributed by atoms with Crippen molar-refractivity contribution in [3.05, 3.63) is 0 Å². The van der Waals surface area contributed by atoms with Gasteiger partial charge in [-0.25, -0.2) is 0 Å². The number of carbonyl (C=O) groups excluding carboxylic acids is 1. The van der Waals surface area contributed by atoms with Crippen LogP contribution in [-0.4, -0.2) is 41.5 Å². The Balaban J connectivity index is 1.80. The first kappa shape index (κ1) is 14.0. The predicted octanol–water partition coefficient (Wildman–Crippen LogP) is 2.37. The van der Waals surface area contributed by atoms with Crippen LogP contribution in [0.3, 0.4) is 0 Å². The van der Waals surface area contributed by atoms with Gasteiger partial charge in [-0.1, -0.05) is 25.7 Å². The number of ketones is 1. The highest BCUT2D eigenvalue weighted by Crippen LogP contribution is 2.28. The van der Waals surface area contributed by atoms with Gasteiger partial charge in [-0.05, 0) is 32.1 Å². The molecule has 2 aliphatic rings. The highest BCUT2D eigenvalue weighted by Gasteiger charge is 2.28. The number of hydrogen-bond donors (Lipinski definition) is 1. The molecule has 2 fully saturated rings. The molecule has 1 N–H and O–H groups in total. The molecule has 3 heteroatoms. The van der Waals surface area contributed by atoms with Crippen LogP contribution in [-0.2, 0) is 4.79 Å². The van der Waals surface area contributed by atoms with E-state index in [1.807, 2.05) is 0 Å². The number of aliphatic hydroxyl groups is 1. The van der Waals surface area contributed by atoms with Crippen molar-refractivity contribution in [2.45, 2.75) is 63.8 Å². The molecular formula is C15H27NO2. The summed E-state index contributed by atoms with van der Waals surface area (Å²) in [7, 11) is 0. The third kappa shape index (κ3) is 3.79. The zero-order chi connectivity index (χ0) is 12.8. The maximum absolute atomic E-state index is 12.3. The van der Waals surface area contributed by atoms with Gasteiger partial charge in [0.15, 0.2) is 0 Å². The van der Waals surface area contributed by atoms with Gasteiger partial charge in [0.25, 0.3) is 0 Å². The maximum Gasteiger partial charge on any atom is 0.149 e. The normalized spacial score (nSPS) is 22.1. The molecule has 18 heavy (non-hydrogen) atoms. The quantitative estimate of drug-likeness (QED) is 0.757. The lowest BCUT2D eigenvalue weighted by molar-refractivity contribution is -0.126. The van der Waals surface area contributed by atoms with Crippen LogP contribution in [0.5, 0.6) is 0 Å². The lowest BCUT2D eigenvalue weighted by Gasteiger charge is -2.38. The van der Waals surface area contributed by atoms with E-state index in [1.165, 1.54) is 38.5 Å². The molecule has 0 aliphatic heterocycles. The Morgan fingerprint density at radius 2 is 1.78 bits per heavy atom. The average Bonchev–Trinajstić information content (AvgIpc) is 2.34. The Hall–Kier alpha value is -0.410. The number of nitrogens with zero attached hydrogens (tertiary/aromatic N) is 1. The van der Waals surface area contributed by atoms with E-state index in [9.17, 15) is 4.79 Å². The topological polar surface area (TPSA) is 40.5 Å². The molecule has 0 aromatic rings. The van der Waals surface area contributed by atoms with Crippen molar-refractivity contribution in [3.63, 3.8) is 0 Å². The lowest BCUT2D eigenvalue weighted by Crippen LogP contribution is -2.45. The smallest absolute Gasteiger partial charge is 0.149 e. The van der Waals surface area contributed by atoms with Gasteiger partial charge in [-0.15, -0.1) is 0 Å². The van der Waals surface area contributed by atoms with E-state index in [0.29, 0.717) is 24.3 Å². The summed E-state index contributed by atoms with van der Waals surface area (Å²) in [5.74, 6) is 0.787. The molecule has 0 bridgehead atoms. The molecule has 0 aromatic carbocycles. The van der Waals surface area contributed by atoms with Crippen LogP contribution in [0.2, 0.25) is 0 Å². The molecule has 3 nitrogen and oxygen atoms in total. The van der Waals surface area contributed by atoms with Crippen LogP contribution >= 0.6 is 0 Å². The van der Waals surface area contributed by atoms with E-state index in [1.54, 1.807) is 0 Å². The Morgan fingerprint density at radius 1 is 1.06 bits per heavy atom. The van der Waals surface area contributed by atoms with Crippen LogP contribution in [0.1, 0.15) is 57.8 Å². The molecular weight excluding hydrogens is 226 g/mol. The third-order valence-corrected chi connectivity index (χ3v) is 4.61. The summed E-state index contributed by atoms with van der Waals surface area (Å²) in [5.41, 5.74) is 0. The maximum atomic E-state index is 12.3. The van der Waals surface area contributed by atoms with Crippen LogP contribution in [0, 0.1) is 5.92 Å². The molecule has 104 valence electrons. The molecule has 2 rings (SSSR count). The van der Waals surface area contributed by atoms with E-state index in [2.05, 4.69) is 4.90 Å². The Labute approximate surface area is 111 Å². The second kappa shape index (κ2) is 7.25. The zero-order valence-electron chi connectivity index (χ0n) is 11.4. The van der Waals surface area contributed by atoms with E-state index in [-0.39, 0.29) is 6.61 Å². The molecule has 0 amide bonds. The van der Waals surface area contributed by atoms with Gasteiger partial charge in [-0.3, -0.25) is 9.69 Å². The fraction of sp³-hybridized carbons (Fsp3) is 0.933. The lowest BCUT2D eigenvalue weighted by atomic mass is 9.85. The molecule has 0 heterocycles. The highest BCUT2D eigenvalue weighted by molar-refractivity contribution is 5.83. The Kier molecular flexibility index (Phi) is 5.64. The van der Waals surface area contributed by atoms with Crippen LogP contribution in [0.25, 0.3) is 0 Å². The first-order valence-corrected chi connectivity index (χ1v) is 7.69. The number of rotatable bonds is 7. The first-order valence-electron chi connectivity index (χ1n) is 7.69. The second-order valence-electron chi connectivity index (χ2n) is 5.93. The van der Waals surface area contributed by atoms with E-state index < -0.39 is 0 Å². The third-order valence-electron chi connectivity index (χ3n) is 4.61. The molecule has 0 aromatic heterocycles. The molecule has 0 radical (unpaired) electrons. The number of Topliss-reactive ketones (excluding diaryl/α,β-unsaturated/α-hetero) is 1. The van der Waals surface area contributed by atoms with Gasteiger partial charge in [0, 0.05) is 25.1 Å². The second-order valence-corrected chi connectivity index (χ2v) is 5.93. The van der Waals surface area contributed by atoms with Crippen molar-refractivity contribution in [1.82, 2.24) is 4.90 Å². The zero-order valence-corrected chi connectivity index (χ0v) is 11.4. The van der Waals surface area contributed by atoms with Crippen LogP contribution < -0.4 is 0 Å². The monoisotopic (exact) mass is 253 g/mol. The minimum Gasteiger partial charge on any atom is -0.396 e. The van der Waals surface area contributed by atoms with Gasteiger partial charge < -0.3 is 5.11 Å². The number of hydrogen-bond acceptors (Lipinski definition) is 3. The van der Waals surface area contributed by atoms with Crippen molar-refractivity contribution in [2.24, 2.45) is 5.92 Å². The fourth-order valence-electron chi connectivity index (χ4n) is 3.17. The SMILES string of the molecule is O=C(CN(CCCO)C1CCC1)C1CCCCC1. The Bertz CT molecular complexity index is 257. The average molecular weight is 253 g/mol. The summed E-state index contributed by atoms with van der Waals surface area (Å²) in [5, 5.41) is 8.96. The van der Waals surface area contributed by atoms with Gasteiger partial charge in [0.2, 0.25) is 0 Å². The van der Waals surface area contributed by atoms with E-state index >= 15 is 0 Å². The molecule has 0 saturated heterocycles. The molecule has 2 saturated carbocycles. The van der Waals surface area contributed by atoms with Gasteiger partial charge in [0.05, 0.1) is 6.54 Å². The summed E-state index contributed by atoms with van der Waals surface area (Å²) < 4.78 is 0. The number of carbonyl (C=O) groups is 1. The predicted molar refractivity (Wildman–Crippen MR) is 72.5 cm³/mol. The van der Waals surface area contributed by atoms with Crippen molar-refractivity contribution < 1.29 is 9.90 Å². The molecule has 0 atom stereocenters. The van der Waals surface area contributed by atoms with Crippen LogP contribution in [0.4, 0.5) is 0 Å². The van der Waals surface area contributed by atoms with Crippen molar-refractivity contribution in [3.8, 4) is 0 Å². The fourth-order valence-corrected chi connectivity index (χ4v) is 3.17. The summed E-state index contributed by atoms with van der Waals surface area (Å²) >= 11 is 0. The summed E-state index contributed by atoms with van der Waals surface area (Å²) in [4.78, 5) is 14.6. The summed E-state index contributed by atoms with van der Waals surface area (Å²) in [6.45, 7) is 1.76. The van der Waals surface area contributed by atoms with Crippen LogP contribution in [0.15, 0.2) is 0 Å². The van der Waals surface area contributed by atoms with Gasteiger partial charge in [-0.2, -0.15) is 0 Å². The van der Waals surface area contributed by atoms with Crippen molar-refractivity contribution >= 4 is 5.78 Å². The largest absolute Gasteiger partial charge is 0.396 e. The Morgan fingerprint density at radius 3 is 2.33 bits per heavy atom. The summed E-state index contributed by atoms with van der Waals surface area (Å²) in [6, 6.07) is 0.615. The van der Waals surface area contributed by atoms with E-state index in [0.717, 1.165) is 25.8 Å². The first-order chi connectivity index (χ1) is 8.81. The number of aliphatic hydroxyl groups excluding tert-OH is 1. The molecule has 0 spiro atoms. The van der Waals surface area contributed by atoms with Crippen molar-refractivity contribution in [2.75, 3.05) is 19.7 Å². The van der Waals surface area contributed by atoms with E-state index in [4.69, 9.17) is 5.11 Å². The minimum atomic E-state index is 0.237. The standard InChI is InChI=1S/C15H27NO2/c17-11-5-10-16(14-8-4-9-14)12-15(18)13-6-2-1-3-7-13/h13-14,17H,1-12H2. The van der Waals surface area contributed by atoms with Crippen molar-refractivity contribution in [1.29, 1.82) is 0 Å². The molecule has 2 aliphatic carbocycles. The highest BCUT2D eigenvalue weighted by atomic mass is 16.3. The van der Waals surface area contributed by atoms with Gasteiger partial charge in [0.1, 0.15) is 5.78 Å².